The molecule has 1 unspecified atom stereocenters. The second-order valence-corrected chi connectivity index (χ2v) is 4.32. The largest absolute Gasteiger partial charge is 0.330 e. The van der Waals surface area contributed by atoms with Crippen molar-refractivity contribution in [2.75, 3.05) is 13.1 Å². The van der Waals surface area contributed by atoms with Crippen molar-refractivity contribution in [3.8, 4) is 0 Å². The van der Waals surface area contributed by atoms with Gasteiger partial charge in [-0.1, -0.05) is 6.92 Å². The Bertz CT molecular complexity index is 217. The van der Waals surface area contributed by atoms with Crippen LogP contribution in [0.2, 0.25) is 0 Å². The first-order valence-electron chi connectivity index (χ1n) is 4.69. The highest BCUT2D eigenvalue weighted by atomic mass is 32.1. The van der Waals surface area contributed by atoms with Gasteiger partial charge in [-0.3, -0.25) is 0 Å². The Morgan fingerprint density at radius 3 is 2.54 bits per heavy atom. The number of hydrogen-bond acceptors (Lipinski definition) is 3. The average molecular weight is 198 g/mol. The van der Waals surface area contributed by atoms with Gasteiger partial charge in [-0.25, -0.2) is 0 Å². The Hall–Kier alpha value is -0.380. The van der Waals surface area contributed by atoms with E-state index in [4.69, 9.17) is 11.5 Å². The second-order valence-electron chi connectivity index (χ2n) is 3.54. The lowest BCUT2D eigenvalue weighted by Crippen LogP contribution is -2.30. The molecule has 1 heterocycles. The zero-order chi connectivity index (χ0) is 9.68. The Morgan fingerprint density at radius 1 is 1.38 bits per heavy atom. The van der Waals surface area contributed by atoms with Crippen LogP contribution in [0.4, 0.5) is 0 Å². The molecule has 0 aliphatic carbocycles. The zero-order valence-electron chi connectivity index (χ0n) is 8.07. The number of hydrogen-bond donors (Lipinski definition) is 2. The van der Waals surface area contributed by atoms with Crippen LogP contribution in [0.3, 0.4) is 0 Å². The quantitative estimate of drug-likeness (QED) is 0.752. The Kier molecular flexibility index (Phi) is 4.42. The summed E-state index contributed by atoms with van der Waals surface area (Å²) in [5.41, 5.74) is 12.7. The van der Waals surface area contributed by atoms with Gasteiger partial charge in [0.05, 0.1) is 0 Å². The molecular formula is C10H18N2S. The van der Waals surface area contributed by atoms with Crippen molar-refractivity contribution in [2.24, 2.45) is 23.3 Å². The maximum absolute atomic E-state index is 5.64. The van der Waals surface area contributed by atoms with Crippen LogP contribution < -0.4 is 11.5 Å². The third-order valence-corrected chi connectivity index (χ3v) is 3.28. The standard InChI is InChI=1S/C10H18N2S/c1-8(10(5-11)6-12)4-9-2-3-13-7-9/h2-3,7-8,10H,4-6,11-12H2,1H3. The highest BCUT2D eigenvalue weighted by molar-refractivity contribution is 7.07. The Labute approximate surface area is 83.9 Å². The predicted octanol–water partition coefficient (Wildman–Crippen LogP) is 1.46. The van der Waals surface area contributed by atoms with Gasteiger partial charge in [0, 0.05) is 0 Å². The minimum atomic E-state index is 0.458. The molecule has 0 fully saturated rings. The van der Waals surface area contributed by atoms with E-state index >= 15 is 0 Å². The van der Waals surface area contributed by atoms with Crippen LogP contribution in [0.15, 0.2) is 16.8 Å². The molecule has 2 nitrogen and oxygen atoms in total. The molecule has 1 rings (SSSR count). The molecule has 0 saturated heterocycles. The lowest BCUT2D eigenvalue weighted by molar-refractivity contribution is 0.373. The molecule has 13 heavy (non-hydrogen) atoms. The summed E-state index contributed by atoms with van der Waals surface area (Å²) in [5.74, 6) is 1.05. The first-order chi connectivity index (χ1) is 6.27. The van der Waals surface area contributed by atoms with E-state index in [0.29, 0.717) is 24.9 Å². The molecule has 0 spiro atoms. The van der Waals surface area contributed by atoms with E-state index in [0.717, 1.165) is 6.42 Å². The van der Waals surface area contributed by atoms with Gasteiger partial charge in [-0.05, 0) is 53.7 Å². The smallest absolute Gasteiger partial charge is 0.00341 e. The Balaban J connectivity index is 2.44. The lowest BCUT2D eigenvalue weighted by Gasteiger charge is -2.20. The van der Waals surface area contributed by atoms with Crippen molar-refractivity contribution in [1.82, 2.24) is 0 Å². The first-order valence-corrected chi connectivity index (χ1v) is 5.63. The fourth-order valence-electron chi connectivity index (χ4n) is 1.51. The van der Waals surface area contributed by atoms with Crippen LogP contribution in [0, 0.1) is 11.8 Å². The Morgan fingerprint density at radius 2 is 2.08 bits per heavy atom. The van der Waals surface area contributed by atoms with Crippen LogP contribution in [0.25, 0.3) is 0 Å². The van der Waals surface area contributed by atoms with Crippen molar-refractivity contribution in [3.63, 3.8) is 0 Å². The molecule has 3 heteroatoms. The highest BCUT2D eigenvalue weighted by Gasteiger charge is 2.14. The van der Waals surface area contributed by atoms with Gasteiger partial charge >= 0.3 is 0 Å². The maximum atomic E-state index is 5.64. The van der Waals surface area contributed by atoms with E-state index in [1.165, 1.54) is 5.56 Å². The fraction of sp³-hybridized carbons (Fsp3) is 0.600. The third-order valence-electron chi connectivity index (χ3n) is 2.55. The van der Waals surface area contributed by atoms with Crippen molar-refractivity contribution < 1.29 is 0 Å². The molecule has 74 valence electrons. The van der Waals surface area contributed by atoms with Crippen molar-refractivity contribution in [2.45, 2.75) is 13.3 Å². The van der Waals surface area contributed by atoms with Gasteiger partial charge < -0.3 is 11.5 Å². The predicted molar refractivity (Wildman–Crippen MR) is 58.8 cm³/mol. The second kappa shape index (κ2) is 5.37. The van der Waals surface area contributed by atoms with Gasteiger partial charge in [0.15, 0.2) is 0 Å². The van der Waals surface area contributed by atoms with Crippen LogP contribution in [0.1, 0.15) is 12.5 Å². The number of rotatable bonds is 5. The number of thiophene rings is 1. The normalized spacial score (nSPS) is 13.5. The molecule has 0 aliphatic rings. The lowest BCUT2D eigenvalue weighted by atomic mass is 9.89. The minimum Gasteiger partial charge on any atom is -0.330 e. The summed E-state index contributed by atoms with van der Waals surface area (Å²) >= 11 is 1.75. The van der Waals surface area contributed by atoms with Gasteiger partial charge in [0.1, 0.15) is 0 Å². The molecule has 0 aromatic carbocycles. The van der Waals surface area contributed by atoms with Crippen LogP contribution >= 0.6 is 11.3 Å². The van der Waals surface area contributed by atoms with E-state index in [9.17, 15) is 0 Å². The monoisotopic (exact) mass is 198 g/mol. The summed E-state index contributed by atoms with van der Waals surface area (Å²) in [6.07, 6.45) is 1.10. The van der Waals surface area contributed by atoms with E-state index in [1.807, 2.05) is 0 Å². The molecule has 0 aliphatic heterocycles. The summed E-state index contributed by atoms with van der Waals surface area (Å²) in [6.45, 7) is 3.62. The van der Waals surface area contributed by atoms with Crippen molar-refractivity contribution in [1.29, 1.82) is 0 Å². The average Bonchev–Trinajstić information content (AvgIpc) is 2.59. The van der Waals surface area contributed by atoms with Crippen molar-refractivity contribution in [3.05, 3.63) is 22.4 Å². The summed E-state index contributed by atoms with van der Waals surface area (Å²) in [5, 5.41) is 4.31. The van der Waals surface area contributed by atoms with E-state index in [-0.39, 0.29) is 0 Å². The van der Waals surface area contributed by atoms with Crippen LogP contribution in [-0.4, -0.2) is 13.1 Å². The molecule has 1 aromatic rings. The van der Waals surface area contributed by atoms with E-state index in [2.05, 4.69) is 23.8 Å². The number of nitrogens with two attached hydrogens (primary N) is 2. The topological polar surface area (TPSA) is 52.0 Å². The molecule has 0 radical (unpaired) electrons. The molecule has 1 atom stereocenters. The molecule has 0 saturated carbocycles. The fourth-order valence-corrected chi connectivity index (χ4v) is 2.19. The summed E-state index contributed by atoms with van der Waals surface area (Å²) in [6, 6.07) is 2.17. The molecule has 4 N–H and O–H groups in total. The minimum absolute atomic E-state index is 0.458. The van der Waals surface area contributed by atoms with E-state index < -0.39 is 0 Å². The molecule has 0 bridgehead atoms. The zero-order valence-corrected chi connectivity index (χ0v) is 8.89. The molecule has 0 amide bonds. The van der Waals surface area contributed by atoms with Crippen LogP contribution in [-0.2, 0) is 6.42 Å². The first kappa shape index (κ1) is 10.7. The van der Waals surface area contributed by atoms with E-state index in [1.54, 1.807) is 11.3 Å². The maximum Gasteiger partial charge on any atom is -0.00341 e. The third kappa shape index (κ3) is 3.10. The highest BCUT2D eigenvalue weighted by Crippen LogP contribution is 2.17. The molecular weight excluding hydrogens is 180 g/mol. The van der Waals surface area contributed by atoms with Crippen molar-refractivity contribution >= 4 is 11.3 Å². The van der Waals surface area contributed by atoms with Gasteiger partial charge in [0.2, 0.25) is 0 Å². The summed E-state index contributed by atoms with van der Waals surface area (Å²) in [7, 11) is 0. The van der Waals surface area contributed by atoms with Gasteiger partial charge in [-0.2, -0.15) is 11.3 Å². The van der Waals surface area contributed by atoms with Gasteiger partial charge in [-0.15, -0.1) is 0 Å². The van der Waals surface area contributed by atoms with Gasteiger partial charge in [0.25, 0.3) is 0 Å². The van der Waals surface area contributed by atoms with Crippen LogP contribution in [0.5, 0.6) is 0 Å². The SMILES string of the molecule is CC(Cc1ccsc1)C(CN)CN. The molecule has 1 aromatic heterocycles. The summed E-state index contributed by atoms with van der Waals surface area (Å²) in [4.78, 5) is 0. The summed E-state index contributed by atoms with van der Waals surface area (Å²) < 4.78 is 0.